The van der Waals surface area contributed by atoms with E-state index in [4.69, 9.17) is 4.74 Å². The van der Waals surface area contributed by atoms with Crippen molar-refractivity contribution in [2.45, 2.75) is 25.5 Å². The normalized spacial score (nSPS) is 16.4. The first-order chi connectivity index (χ1) is 14.6. The van der Waals surface area contributed by atoms with Gasteiger partial charge in [-0.3, -0.25) is 14.6 Å². The third kappa shape index (κ3) is 4.17. The van der Waals surface area contributed by atoms with E-state index in [2.05, 4.69) is 10.3 Å². The number of amides is 2. The van der Waals surface area contributed by atoms with Crippen LogP contribution >= 0.6 is 0 Å². The van der Waals surface area contributed by atoms with Gasteiger partial charge in [-0.2, -0.15) is 0 Å². The third-order valence-electron chi connectivity index (χ3n) is 5.06. The summed E-state index contributed by atoms with van der Waals surface area (Å²) in [5.74, 6) is 0.352. The molecule has 1 aromatic heterocycles. The second kappa shape index (κ2) is 8.78. The number of carbonyl (C=O) groups excluding carboxylic acids is 2. The molecular formula is C24H23N3O3. The Bertz CT molecular complexity index is 985. The molecule has 2 atom stereocenters. The number of nitrogens with zero attached hydrogens (tertiary/aromatic N) is 2. The van der Waals surface area contributed by atoms with Crippen LogP contribution in [0.15, 0.2) is 79.0 Å². The molecule has 0 bridgehead atoms. The number of rotatable bonds is 6. The SMILES string of the molecule is CC1Oc2ccccc2N(CCC(=O)NC(c2ccccc2)c2ccccn2)C1=O. The molecule has 2 heterocycles. The molecule has 1 aliphatic heterocycles. The average molecular weight is 401 g/mol. The van der Waals surface area contributed by atoms with Crippen molar-refractivity contribution >= 4 is 17.5 Å². The van der Waals surface area contributed by atoms with Crippen LogP contribution in [0.25, 0.3) is 0 Å². The van der Waals surface area contributed by atoms with Gasteiger partial charge in [0.05, 0.1) is 17.4 Å². The molecule has 1 N–H and O–H groups in total. The Morgan fingerprint density at radius 3 is 2.57 bits per heavy atom. The quantitative estimate of drug-likeness (QED) is 0.686. The van der Waals surface area contributed by atoms with Gasteiger partial charge in [0.2, 0.25) is 5.91 Å². The topological polar surface area (TPSA) is 71.5 Å². The van der Waals surface area contributed by atoms with Crippen LogP contribution in [0.4, 0.5) is 5.69 Å². The number of hydrogen-bond donors (Lipinski definition) is 1. The lowest BCUT2D eigenvalue weighted by Crippen LogP contribution is -2.46. The number of nitrogens with one attached hydrogen (secondary N) is 1. The molecule has 0 fully saturated rings. The van der Waals surface area contributed by atoms with Gasteiger partial charge in [0.1, 0.15) is 5.75 Å². The molecule has 0 aliphatic carbocycles. The maximum absolute atomic E-state index is 12.8. The van der Waals surface area contributed by atoms with Crippen molar-refractivity contribution in [3.63, 3.8) is 0 Å². The fraction of sp³-hybridized carbons (Fsp3) is 0.208. The highest BCUT2D eigenvalue weighted by Gasteiger charge is 2.31. The number of benzene rings is 2. The number of aromatic nitrogens is 1. The van der Waals surface area contributed by atoms with Gasteiger partial charge in [-0.1, -0.05) is 48.5 Å². The maximum atomic E-state index is 12.8. The summed E-state index contributed by atoms with van der Waals surface area (Å²) in [7, 11) is 0. The minimum absolute atomic E-state index is 0.147. The van der Waals surface area contributed by atoms with Crippen LogP contribution < -0.4 is 15.0 Å². The second-order valence-electron chi connectivity index (χ2n) is 7.13. The number of para-hydroxylation sites is 2. The lowest BCUT2D eigenvalue weighted by Gasteiger charge is -2.33. The van der Waals surface area contributed by atoms with Crippen LogP contribution in [0.1, 0.15) is 30.6 Å². The molecule has 152 valence electrons. The van der Waals surface area contributed by atoms with Crippen molar-refractivity contribution in [1.29, 1.82) is 0 Å². The molecular weight excluding hydrogens is 378 g/mol. The Hall–Kier alpha value is -3.67. The second-order valence-corrected chi connectivity index (χ2v) is 7.13. The van der Waals surface area contributed by atoms with Gasteiger partial charge >= 0.3 is 0 Å². The van der Waals surface area contributed by atoms with Crippen LogP contribution in [-0.2, 0) is 9.59 Å². The van der Waals surface area contributed by atoms with E-state index in [0.29, 0.717) is 11.4 Å². The van der Waals surface area contributed by atoms with Gasteiger partial charge in [-0.05, 0) is 36.8 Å². The molecule has 0 radical (unpaired) electrons. The number of pyridine rings is 1. The van der Waals surface area contributed by atoms with Crippen molar-refractivity contribution in [3.8, 4) is 5.75 Å². The fourth-order valence-electron chi connectivity index (χ4n) is 3.56. The Morgan fingerprint density at radius 1 is 1.07 bits per heavy atom. The van der Waals surface area contributed by atoms with Crippen molar-refractivity contribution < 1.29 is 14.3 Å². The molecule has 0 saturated carbocycles. The van der Waals surface area contributed by atoms with Gasteiger partial charge in [-0.25, -0.2) is 0 Å². The summed E-state index contributed by atoms with van der Waals surface area (Å²) >= 11 is 0. The molecule has 6 heteroatoms. The minimum Gasteiger partial charge on any atom is -0.479 e. The molecule has 4 rings (SSSR count). The molecule has 2 aromatic carbocycles. The Labute approximate surface area is 175 Å². The smallest absolute Gasteiger partial charge is 0.267 e. The molecule has 2 amide bonds. The highest BCUT2D eigenvalue weighted by Crippen LogP contribution is 2.33. The van der Waals surface area contributed by atoms with E-state index in [1.54, 1.807) is 18.0 Å². The number of fused-ring (bicyclic) bond motifs is 1. The van der Waals surface area contributed by atoms with Crippen molar-refractivity contribution in [1.82, 2.24) is 10.3 Å². The van der Waals surface area contributed by atoms with Crippen LogP contribution in [0.5, 0.6) is 5.75 Å². The van der Waals surface area contributed by atoms with Crippen molar-refractivity contribution in [2.24, 2.45) is 0 Å². The number of ether oxygens (including phenoxy) is 1. The Kier molecular flexibility index (Phi) is 5.75. The first-order valence-electron chi connectivity index (χ1n) is 9.96. The van der Waals surface area contributed by atoms with Gasteiger partial charge in [0.15, 0.2) is 6.10 Å². The van der Waals surface area contributed by atoms with E-state index in [9.17, 15) is 9.59 Å². The van der Waals surface area contributed by atoms with E-state index < -0.39 is 6.10 Å². The Balaban J connectivity index is 1.49. The lowest BCUT2D eigenvalue weighted by atomic mass is 10.0. The van der Waals surface area contributed by atoms with E-state index in [0.717, 1.165) is 11.3 Å². The van der Waals surface area contributed by atoms with E-state index in [-0.39, 0.29) is 30.8 Å². The van der Waals surface area contributed by atoms with Crippen LogP contribution in [0.2, 0.25) is 0 Å². The zero-order chi connectivity index (χ0) is 20.9. The molecule has 30 heavy (non-hydrogen) atoms. The first-order valence-corrected chi connectivity index (χ1v) is 9.96. The largest absolute Gasteiger partial charge is 0.479 e. The van der Waals surface area contributed by atoms with E-state index in [1.807, 2.05) is 72.8 Å². The summed E-state index contributed by atoms with van der Waals surface area (Å²) in [5, 5.41) is 3.07. The predicted molar refractivity (Wildman–Crippen MR) is 114 cm³/mol. The number of hydrogen-bond acceptors (Lipinski definition) is 4. The van der Waals surface area contributed by atoms with Gasteiger partial charge in [-0.15, -0.1) is 0 Å². The molecule has 0 saturated heterocycles. The number of anilines is 1. The monoisotopic (exact) mass is 401 g/mol. The zero-order valence-electron chi connectivity index (χ0n) is 16.7. The summed E-state index contributed by atoms with van der Waals surface area (Å²) < 4.78 is 5.66. The highest BCUT2D eigenvalue weighted by molar-refractivity contribution is 6.00. The summed E-state index contributed by atoms with van der Waals surface area (Å²) in [6.45, 7) is 2.00. The standard InChI is InChI=1S/C24H23N3O3/c1-17-24(29)27(20-12-5-6-13-21(20)30-17)16-14-22(28)26-23(18-9-3-2-4-10-18)19-11-7-8-15-25-19/h2-13,15,17,23H,14,16H2,1H3,(H,26,28). The van der Waals surface area contributed by atoms with Crippen LogP contribution in [0.3, 0.4) is 0 Å². The summed E-state index contributed by atoms with van der Waals surface area (Å²) in [4.78, 5) is 31.5. The molecule has 3 aromatic rings. The molecule has 0 spiro atoms. The van der Waals surface area contributed by atoms with E-state index in [1.165, 1.54) is 0 Å². The van der Waals surface area contributed by atoms with Gasteiger partial charge in [0.25, 0.3) is 5.91 Å². The van der Waals surface area contributed by atoms with Gasteiger partial charge < -0.3 is 15.0 Å². The minimum atomic E-state index is -0.575. The summed E-state index contributed by atoms with van der Waals surface area (Å²) in [5.41, 5.74) is 2.40. The molecule has 1 aliphatic rings. The maximum Gasteiger partial charge on any atom is 0.267 e. The van der Waals surface area contributed by atoms with E-state index >= 15 is 0 Å². The summed E-state index contributed by atoms with van der Waals surface area (Å²) in [6.07, 6.45) is 1.30. The van der Waals surface area contributed by atoms with Gasteiger partial charge in [0, 0.05) is 19.2 Å². The highest BCUT2D eigenvalue weighted by atomic mass is 16.5. The lowest BCUT2D eigenvalue weighted by molar-refractivity contribution is -0.125. The van der Waals surface area contributed by atoms with Crippen molar-refractivity contribution in [3.05, 3.63) is 90.3 Å². The fourth-order valence-corrected chi connectivity index (χ4v) is 3.56. The van der Waals surface area contributed by atoms with Crippen molar-refractivity contribution in [2.75, 3.05) is 11.4 Å². The zero-order valence-corrected chi connectivity index (χ0v) is 16.7. The van der Waals surface area contributed by atoms with Crippen LogP contribution in [-0.4, -0.2) is 29.4 Å². The molecule has 6 nitrogen and oxygen atoms in total. The third-order valence-corrected chi connectivity index (χ3v) is 5.06. The first kappa shape index (κ1) is 19.6. The van der Waals surface area contributed by atoms with Crippen LogP contribution in [0, 0.1) is 0 Å². The average Bonchev–Trinajstić information content (AvgIpc) is 2.79. The number of carbonyl (C=O) groups is 2. The Morgan fingerprint density at radius 2 is 1.80 bits per heavy atom. The predicted octanol–water partition coefficient (Wildman–Crippen LogP) is 3.49. The molecule has 2 unspecified atom stereocenters. The summed E-state index contributed by atoms with van der Waals surface area (Å²) in [6, 6.07) is 22.4.